The van der Waals surface area contributed by atoms with E-state index >= 15 is 0 Å². The van der Waals surface area contributed by atoms with Crippen LogP contribution < -0.4 is 4.74 Å². The molecule has 2 aromatic carbocycles. The van der Waals surface area contributed by atoms with Gasteiger partial charge >= 0.3 is 0 Å². The molecule has 19 heavy (non-hydrogen) atoms. The normalized spacial score (nSPS) is 10.4. The largest absolute Gasteiger partial charge is 0.508 e. The van der Waals surface area contributed by atoms with Crippen LogP contribution in [0.2, 0.25) is 0 Å². The fourth-order valence-corrected chi connectivity index (χ4v) is 2.00. The second-order valence-corrected chi connectivity index (χ2v) is 4.47. The van der Waals surface area contributed by atoms with Gasteiger partial charge in [0.1, 0.15) is 11.5 Å². The molecular weight excluding hydrogens is 240 g/mol. The van der Waals surface area contributed by atoms with Gasteiger partial charge in [0.2, 0.25) is 0 Å². The van der Waals surface area contributed by atoms with Gasteiger partial charge in [-0.05, 0) is 48.2 Å². The van der Waals surface area contributed by atoms with Crippen LogP contribution in [0.25, 0.3) is 0 Å². The Kier molecular flexibility index (Phi) is 4.42. The van der Waals surface area contributed by atoms with Crippen molar-refractivity contribution in [1.29, 1.82) is 0 Å². The van der Waals surface area contributed by atoms with Crippen LogP contribution in [0.5, 0.6) is 11.5 Å². The summed E-state index contributed by atoms with van der Waals surface area (Å²) in [5, 5.41) is 18.6. The number of hydrogen-bond donors (Lipinski definition) is 2. The smallest absolute Gasteiger partial charge is 0.121 e. The molecule has 0 saturated heterocycles. The SMILES string of the molecule is COc1ccc(CCc2ccc(O)c(CO)c2)cc1. The minimum atomic E-state index is -0.137. The zero-order chi connectivity index (χ0) is 13.7. The van der Waals surface area contributed by atoms with Crippen molar-refractivity contribution in [2.75, 3.05) is 7.11 Å². The van der Waals surface area contributed by atoms with E-state index in [4.69, 9.17) is 9.84 Å². The van der Waals surface area contributed by atoms with Crippen molar-refractivity contribution in [2.45, 2.75) is 19.4 Å². The molecule has 0 bridgehead atoms. The molecule has 0 aliphatic heterocycles. The third kappa shape index (κ3) is 3.48. The number of rotatable bonds is 5. The Hall–Kier alpha value is -2.00. The van der Waals surface area contributed by atoms with E-state index in [9.17, 15) is 5.11 Å². The second kappa shape index (κ2) is 6.25. The topological polar surface area (TPSA) is 49.7 Å². The Morgan fingerprint density at radius 1 is 0.947 bits per heavy atom. The van der Waals surface area contributed by atoms with Crippen molar-refractivity contribution in [3.05, 3.63) is 59.2 Å². The number of aliphatic hydroxyl groups is 1. The molecule has 0 heterocycles. The molecule has 0 unspecified atom stereocenters. The maximum absolute atomic E-state index is 9.50. The van der Waals surface area contributed by atoms with Crippen molar-refractivity contribution < 1.29 is 14.9 Å². The molecule has 0 amide bonds. The third-order valence-electron chi connectivity index (χ3n) is 3.18. The van der Waals surface area contributed by atoms with Crippen molar-refractivity contribution in [3.63, 3.8) is 0 Å². The minimum Gasteiger partial charge on any atom is -0.508 e. The van der Waals surface area contributed by atoms with Crippen LogP contribution >= 0.6 is 0 Å². The molecule has 0 radical (unpaired) electrons. The van der Waals surface area contributed by atoms with Gasteiger partial charge in [0.05, 0.1) is 13.7 Å². The average Bonchev–Trinajstić information content (AvgIpc) is 2.47. The molecule has 3 heteroatoms. The van der Waals surface area contributed by atoms with Gasteiger partial charge in [-0.15, -0.1) is 0 Å². The summed E-state index contributed by atoms with van der Waals surface area (Å²) >= 11 is 0. The molecule has 0 aromatic heterocycles. The Labute approximate surface area is 113 Å². The van der Waals surface area contributed by atoms with E-state index in [0.717, 1.165) is 24.2 Å². The zero-order valence-electron chi connectivity index (χ0n) is 11.0. The van der Waals surface area contributed by atoms with E-state index in [1.165, 1.54) is 5.56 Å². The van der Waals surface area contributed by atoms with Crippen LogP contribution in [0.1, 0.15) is 16.7 Å². The molecule has 0 aliphatic carbocycles. The summed E-state index contributed by atoms with van der Waals surface area (Å²) in [4.78, 5) is 0. The molecule has 0 aliphatic rings. The van der Waals surface area contributed by atoms with Crippen LogP contribution in [0.4, 0.5) is 0 Å². The lowest BCUT2D eigenvalue weighted by atomic mass is 10.0. The highest BCUT2D eigenvalue weighted by atomic mass is 16.5. The first-order valence-corrected chi connectivity index (χ1v) is 6.27. The Morgan fingerprint density at radius 2 is 1.58 bits per heavy atom. The first-order chi connectivity index (χ1) is 9.22. The van der Waals surface area contributed by atoms with Gasteiger partial charge in [-0.3, -0.25) is 0 Å². The van der Waals surface area contributed by atoms with E-state index < -0.39 is 0 Å². The highest BCUT2D eigenvalue weighted by Gasteiger charge is 2.02. The van der Waals surface area contributed by atoms with E-state index in [1.807, 2.05) is 36.4 Å². The van der Waals surface area contributed by atoms with Crippen molar-refractivity contribution in [3.8, 4) is 11.5 Å². The first kappa shape index (κ1) is 13.4. The highest BCUT2D eigenvalue weighted by molar-refractivity contribution is 5.36. The maximum Gasteiger partial charge on any atom is 0.121 e. The number of methoxy groups -OCH3 is 1. The van der Waals surface area contributed by atoms with Crippen molar-refractivity contribution >= 4 is 0 Å². The number of aryl methyl sites for hydroxylation is 2. The monoisotopic (exact) mass is 258 g/mol. The molecule has 100 valence electrons. The van der Waals surface area contributed by atoms with E-state index in [1.54, 1.807) is 13.2 Å². The van der Waals surface area contributed by atoms with Crippen LogP contribution in [-0.2, 0) is 19.4 Å². The second-order valence-electron chi connectivity index (χ2n) is 4.47. The maximum atomic E-state index is 9.50. The minimum absolute atomic E-state index is 0.137. The molecule has 2 aromatic rings. The third-order valence-corrected chi connectivity index (χ3v) is 3.18. The summed E-state index contributed by atoms with van der Waals surface area (Å²) in [6.07, 6.45) is 1.79. The van der Waals surface area contributed by atoms with Gasteiger partial charge in [-0.1, -0.05) is 18.2 Å². The summed E-state index contributed by atoms with van der Waals surface area (Å²) in [5.74, 6) is 1.01. The van der Waals surface area contributed by atoms with Gasteiger partial charge in [-0.2, -0.15) is 0 Å². The van der Waals surface area contributed by atoms with Gasteiger partial charge in [0.25, 0.3) is 0 Å². The number of benzene rings is 2. The lowest BCUT2D eigenvalue weighted by Crippen LogP contribution is -1.94. The predicted octanol–water partition coefficient (Wildman–Crippen LogP) is 2.68. The number of aliphatic hydroxyl groups excluding tert-OH is 1. The summed E-state index contributed by atoms with van der Waals surface area (Å²) in [7, 11) is 1.65. The Morgan fingerprint density at radius 3 is 2.21 bits per heavy atom. The molecule has 0 spiro atoms. The van der Waals surface area contributed by atoms with Crippen LogP contribution in [0.3, 0.4) is 0 Å². The number of aromatic hydroxyl groups is 1. The van der Waals surface area contributed by atoms with Crippen LogP contribution in [0, 0.1) is 0 Å². The van der Waals surface area contributed by atoms with Crippen molar-refractivity contribution in [2.24, 2.45) is 0 Å². The first-order valence-electron chi connectivity index (χ1n) is 6.27. The summed E-state index contributed by atoms with van der Waals surface area (Å²) in [5.41, 5.74) is 2.92. The average molecular weight is 258 g/mol. The van der Waals surface area contributed by atoms with E-state index in [2.05, 4.69) is 0 Å². The van der Waals surface area contributed by atoms with Gasteiger partial charge in [0.15, 0.2) is 0 Å². The van der Waals surface area contributed by atoms with Crippen LogP contribution in [0.15, 0.2) is 42.5 Å². The molecule has 2 rings (SSSR count). The number of ether oxygens (including phenoxy) is 1. The van der Waals surface area contributed by atoms with Gasteiger partial charge in [0, 0.05) is 5.56 Å². The lowest BCUT2D eigenvalue weighted by Gasteiger charge is -2.06. The standard InChI is InChI=1S/C16H18O3/c1-19-15-7-4-12(5-8-15)2-3-13-6-9-16(18)14(10-13)11-17/h4-10,17-18H,2-3,11H2,1H3. The summed E-state index contributed by atoms with van der Waals surface area (Å²) in [6, 6.07) is 13.4. The highest BCUT2D eigenvalue weighted by Crippen LogP contribution is 2.20. The van der Waals surface area contributed by atoms with Gasteiger partial charge in [-0.25, -0.2) is 0 Å². The molecule has 0 atom stereocenters. The van der Waals surface area contributed by atoms with E-state index in [-0.39, 0.29) is 12.4 Å². The Bertz CT molecular complexity index is 532. The lowest BCUT2D eigenvalue weighted by molar-refractivity contribution is 0.275. The Balaban J connectivity index is 2.01. The number of hydrogen-bond acceptors (Lipinski definition) is 3. The fraction of sp³-hybridized carbons (Fsp3) is 0.250. The van der Waals surface area contributed by atoms with Crippen molar-refractivity contribution in [1.82, 2.24) is 0 Å². The number of phenols is 1. The van der Waals surface area contributed by atoms with Crippen LogP contribution in [-0.4, -0.2) is 17.3 Å². The summed E-state index contributed by atoms with van der Waals surface area (Å²) < 4.78 is 5.12. The van der Waals surface area contributed by atoms with Gasteiger partial charge < -0.3 is 14.9 Å². The van der Waals surface area contributed by atoms with E-state index in [0.29, 0.717) is 5.56 Å². The molecular formula is C16H18O3. The molecule has 0 fully saturated rings. The quantitative estimate of drug-likeness (QED) is 0.867. The zero-order valence-corrected chi connectivity index (χ0v) is 11.0. The molecule has 3 nitrogen and oxygen atoms in total. The predicted molar refractivity (Wildman–Crippen MR) is 74.4 cm³/mol. The summed E-state index contributed by atoms with van der Waals surface area (Å²) in [6.45, 7) is -0.137. The fourth-order valence-electron chi connectivity index (χ4n) is 2.00. The molecule has 2 N–H and O–H groups in total. The molecule has 0 saturated carbocycles.